The average molecular weight is 248 g/mol. The van der Waals surface area contributed by atoms with E-state index in [-0.39, 0.29) is 0 Å². The predicted molar refractivity (Wildman–Crippen MR) is 74.2 cm³/mol. The molecule has 0 heterocycles. The van der Waals surface area contributed by atoms with Gasteiger partial charge in [-0.3, -0.25) is 4.79 Å². The van der Waals surface area contributed by atoms with E-state index in [0.29, 0.717) is 34.4 Å². The van der Waals surface area contributed by atoms with Gasteiger partial charge in [0.2, 0.25) is 0 Å². The van der Waals surface area contributed by atoms with Crippen molar-refractivity contribution in [2.45, 2.75) is 66.2 Å². The molecular formula is C17H28O. The summed E-state index contributed by atoms with van der Waals surface area (Å²) in [6.07, 6.45) is 7.66. The summed E-state index contributed by atoms with van der Waals surface area (Å²) < 4.78 is 0. The van der Waals surface area contributed by atoms with Crippen LogP contribution in [0, 0.1) is 34.5 Å². The standard InChI is InChI=1S/C17H28O/c1-11-6-5-7-13(15(11)18)14-10-12-8-9-17(14,4)16(12,2)3/h11-14H,5-10H2,1-4H3/t11-,12-,13?,14?,17+/m1/s1. The van der Waals surface area contributed by atoms with E-state index in [1.54, 1.807) is 0 Å². The van der Waals surface area contributed by atoms with Gasteiger partial charge in [-0.1, -0.05) is 34.1 Å². The molecule has 3 aliphatic rings. The molecule has 3 saturated carbocycles. The van der Waals surface area contributed by atoms with Gasteiger partial charge in [0.1, 0.15) is 5.78 Å². The Hall–Kier alpha value is -0.330. The second-order valence-electron chi connectivity index (χ2n) is 8.06. The molecule has 0 aromatic rings. The quantitative estimate of drug-likeness (QED) is 0.670. The van der Waals surface area contributed by atoms with Gasteiger partial charge in [0.05, 0.1) is 0 Å². The van der Waals surface area contributed by atoms with Gasteiger partial charge in [-0.15, -0.1) is 0 Å². The van der Waals surface area contributed by atoms with Crippen molar-refractivity contribution in [1.82, 2.24) is 0 Å². The average Bonchev–Trinajstić information content (AvgIpc) is 2.65. The molecule has 0 aliphatic heterocycles. The van der Waals surface area contributed by atoms with Gasteiger partial charge in [-0.2, -0.15) is 0 Å². The third-order valence-corrected chi connectivity index (χ3v) is 7.35. The molecule has 0 N–H and O–H groups in total. The fraction of sp³-hybridized carbons (Fsp3) is 0.941. The normalized spacial score (nSPS) is 50.8. The molecule has 3 fully saturated rings. The van der Waals surface area contributed by atoms with Crippen molar-refractivity contribution in [3.05, 3.63) is 0 Å². The van der Waals surface area contributed by atoms with Gasteiger partial charge >= 0.3 is 0 Å². The maximum atomic E-state index is 12.5. The van der Waals surface area contributed by atoms with Crippen molar-refractivity contribution in [1.29, 1.82) is 0 Å². The summed E-state index contributed by atoms with van der Waals surface area (Å²) in [5, 5.41) is 0. The summed E-state index contributed by atoms with van der Waals surface area (Å²) in [5.41, 5.74) is 0.883. The Balaban J connectivity index is 1.89. The number of hydrogen-bond acceptors (Lipinski definition) is 1. The summed E-state index contributed by atoms with van der Waals surface area (Å²) in [6.45, 7) is 9.55. The number of carbonyl (C=O) groups excluding carboxylic acids is 1. The summed E-state index contributed by atoms with van der Waals surface area (Å²) in [6, 6.07) is 0. The van der Waals surface area contributed by atoms with E-state index in [2.05, 4.69) is 27.7 Å². The predicted octanol–water partition coefficient (Wildman–Crippen LogP) is 4.45. The van der Waals surface area contributed by atoms with Crippen molar-refractivity contribution >= 4 is 5.78 Å². The molecule has 0 spiro atoms. The van der Waals surface area contributed by atoms with Gasteiger partial charge in [0.15, 0.2) is 0 Å². The van der Waals surface area contributed by atoms with E-state index in [1.165, 1.54) is 32.1 Å². The SMILES string of the molecule is C[C@@H]1CCCC(C2C[C@H]3CC[C@]2(C)C3(C)C)C1=O. The van der Waals surface area contributed by atoms with E-state index < -0.39 is 0 Å². The number of carbonyl (C=O) groups is 1. The fourth-order valence-electron chi connectivity index (χ4n) is 5.57. The van der Waals surface area contributed by atoms with Crippen LogP contribution in [0.3, 0.4) is 0 Å². The molecule has 0 radical (unpaired) electrons. The minimum absolute atomic E-state index is 0.328. The first kappa shape index (κ1) is 12.7. The summed E-state index contributed by atoms with van der Waals surface area (Å²) >= 11 is 0. The molecule has 3 aliphatic carbocycles. The van der Waals surface area contributed by atoms with Gasteiger partial charge in [0, 0.05) is 11.8 Å². The van der Waals surface area contributed by atoms with Gasteiger partial charge in [-0.25, -0.2) is 0 Å². The molecule has 0 aromatic carbocycles. The lowest BCUT2D eigenvalue weighted by molar-refractivity contribution is -0.133. The lowest BCUT2D eigenvalue weighted by Crippen LogP contribution is -2.41. The van der Waals surface area contributed by atoms with Crippen LogP contribution < -0.4 is 0 Å². The largest absolute Gasteiger partial charge is 0.299 e. The van der Waals surface area contributed by atoms with Crippen molar-refractivity contribution < 1.29 is 4.79 Å². The van der Waals surface area contributed by atoms with Crippen molar-refractivity contribution in [2.24, 2.45) is 34.5 Å². The molecule has 1 nitrogen and oxygen atoms in total. The van der Waals surface area contributed by atoms with Gasteiger partial charge in [0.25, 0.3) is 0 Å². The Morgan fingerprint density at radius 3 is 2.39 bits per heavy atom. The molecule has 5 atom stereocenters. The molecule has 18 heavy (non-hydrogen) atoms. The molecule has 3 rings (SSSR count). The molecule has 1 heteroatoms. The number of hydrogen-bond donors (Lipinski definition) is 0. The molecule has 0 saturated heterocycles. The fourth-order valence-corrected chi connectivity index (χ4v) is 5.57. The Morgan fingerprint density at radius 1 is 1.11 bits per heavy atom. The van der Waals surface area contributed by atoms with Crippen molar-refractivity contribution in [2.75, 3.05) is 0 Å². The summed E-state index contributed by atoms with van der Waals surface area (Å²) in [7, 11) is 0. The summed E-state index contributed by atoms with van der Waals surface area (Å²) in [5.74, 6) is 2.87. The number of ketones is 1. The van der Waals surface area contributed by atoms with Crippen LogP contribution in [-0.4, -0.2) is 5.78 Å². The van der Waals surface area contributed by atoms with Crippen LogP contribution >= 0.6 is 0 Å². The second kappa shape index (κ2) is 3.84. The number of rotatable bonds is 1. The molecule has 0 aromatic heterocycles. The monoisotopic (exact) mass is 248 g/mol. The van der Waals surface area contributed by atoms with E-state index >= 15 is 0 Å². The minimum Gasteiger partial charge on any atom is -0.299 e. The Labute approximate surface area is 112 Å². The van der Waals surface area contributed by atoms with Crippen LogP contribution in [0.2, 0.25) is 0 Å². The maximum Gasteiger partial charge on any atom is 0.139 e. The first-order valence-corrected chi connectivity index (χ1v) is 7.91. The molecular weight excluding hydrogens is 220 g/mol. The highest BCUT2D eigenvalue weighted by Gasteiger charge is 2.63. The zero-order valence-corrected chi connectivity index (χ0v) is 12.5. The zero-order chi connectivity index (χ0) is 13.1. The van der Waals surface area contributed by atoms with Crippen molar-refractivity contribution in [3.63, 3.8) is 0 Å². The van der Waals surface area contributed by atoms with Crippen LogP contribution in [0.15, 0.2) is 0 Å². The first-order valence-electron chi connectivity index (χ1n) is 7.91. The molecule has 0 amide bonds. The number of fused-ring (bicyclic) bond motifs is 2. The minimum atomic E-state index is 0.328. The maximum absolute atomic E-state index is 12.5. The topological polar surface area (TPSA) is 17.1 Å². The van der Waals surface area contributed by atoms with Gasteiger partial charge < -0.3 is 0 Å². The lowest BCUT2D eigenvalue weighted by Gasteiger charge is -2.44. The highest BCUT2D eigenvalue weighted by Crippen LogP contribution is 2.70. The van der Waals surface area contributed by atoms with Crippen molar-refractivity contribution in [3.8, 4) is 0 Å². The van der Waals surface area contributed by atoms with Gasteiger partial charge in [-0.05, 0) is 54.8 Å². The Kier molecular flexibility index (Phi) is 2.70. The second-order valence-corrected chi connectivity index (χ2v) is 8.06. The third-order valence-electron chi connectivity index (χ3n) is 7.35. The number of Topliss-reactive ketones (excluding diaryl/α,β-unsaturated/α-hetero) is 1. The van der Waals surface area contributed by atoms with Crippen LogP contribution in [-0.2, 0) is 4.79 Å². The third kappa shape index (κ3) is 1.42. The van der Waals surface area contributed by atoms with E-state index in [4.69, 9.17) is 0 Å². The summed E-state index contributed by atoms with van der Waals surface area (Å²) in [4.78, 5) is 12.5. The Morgan fingerprint density at radius 2 is 1.83 bits per heavy atom. The molecule has 2 unspecified atom stereocenters. The lowest BCUT2D eigenvalue weighted by atomic mass is 9.60. The van der Waals surface area contributed by atoms with Crippen LogP contribution in [0.4, 0.5) is 0 Å². The van der Waals surface area contributed by atoms with Crippen LogP contribution in [0.1, 0.15) is 66.2 Å². The van der Waals surface area contributed by atoms with E-state index in [9.17, 15) is 4.79 Å². The Bertz CT molecular complexity index is 370. The first-order chi connectivity index (χ1) is 8.38. The molecule has 102 valence electrons. The zero-order valence-electron chi connectivity index (χ0n) is 12.5. The highest BCUT2D eigenvalue weighted by atomic mass is 16.1. The van der Waals surface area contributed by atoms with Crippen LogP contribution in [0.5, 0.6) is 0 Å². The smallest absolute Gasteiger partial charge is 0.139 e. The molecule has 2 bridgehead atoms. The highest BCUT2D eigenvalue weighted by molar-refractivity contribution is 5.84. The van der Waals surface area contributed by atoms with E-state index in [0.717, 1.165) is 12.3 Å². The van der Waals surface area contributed by atoms with Crippen LogP contribution in [0.25, 0.3) is 0 Å². The van der Waals surface area contributed by atoms with E-state index in [1.807, 2.05) is 0 Å².